The van der Waals surface area contributed by atoms with E-state index < -0.39 is 0 Å². The quantitative estimate of drug-likeness (QED) is 0.716. The summed E-state index contributed by atoms with van der Waals surface area (Å²) in [6.45, 7) is 7.78. The highest BCUT2D eigenvalue weighted by Crippen LogP contribution is 2.13. The highest BCUT2D eigenvalue weighted by molar-refractivity contribution is 5.53. The van der Waals surface area contributed by atoms with Crippen molar-refractivity contribution in [3.05, 3.63) is 17.8 Å². The maximum Gasteiger partial charge on any atom is 0.127 e. The first kappa shape index (κ1) is 13.8. The van der Waals surface area contributed by atoms with Gasteiger partial charge in [-0.15, -0.1) is 0 Å². The number of aryl methyl sites for hydroxylation is 1. The van der Waals surface area contributed by atoms with Crippen LogP contribution in [-0.4, -0.2) is 24.2 Å². The topological polar surface area (TPSA) is 60.2 Å². The molecule has 96 valence electrons. The predicted octanol–water partition coefficient (Wildman–Crippen LogP) is 2.59. The van der Waals surface area contributed by atoms with Gasteiger partial charge in [0.15, 0.2) is 0 Å². The molecule has 1 aromatic heterocycles. The van der Waals surface area contributed by atoms with Crippen molar-refractivity contribution in [3.63, 3.8) is 0 Å². The van der Waals surface area contributed by atoms with Crippen LogP contribution in [0.15, 0.2) is 12.3 Å². The molecule has 0 aliphatic carbocycles. The Morgan fingerprint density at radius 2 is 2.18 bits per heavy atom. The fraction of sp³-hybridized carbons (Fsp3) is 0.615. The van der Waals surface area contributed by atoms with E-state index in [9.17, 15) is 0 Å². The summed E-state index contributed by atoms with van der Waals surface area (Å²) in [4.78, 5) is 4.26. The Labute approximate surface area is 104 Å². The van der Waals surface area contributed by atoms with Gasteiger partial charge in [0.2, 0.25) is 0 Å². The first-order chi connectivity index (χ1) is 8.09. The van der Waals surface area contributed by atoms with Crippen molar-refractivity contribution >= 4 is 11.5 Å². The highest BCUT2D eigenvalue weighted by Gasteiger charge is 1.98. The van der Waals surface area contributed by atoms with E-state index in [4.69, 9.17) is 10.5 Å². The van der Waals surface area contributed by atoms with Crippen LogP contribution in [0.1, 0.15) is 32.3 Å². The first-order valence-electron chi connectivity index (χ1n) is 6.17. The largest absolute Gasteiger partial charge is 0.398 e. The fourth-order valence-electron chi connectivity index (χ4n) is 1.40. The van der Waals surface area contributed by atoms with Gasteiger partial charge in [-0.3, -0.25) is 0 Å². The second kappa shape index (κ2) is 7.12. The number of hydrogen-bond donors (Lipinski definition) is 2. The van der Waals surface area contributed by atoms with Crippen molar-refractivity contribution in [2.75, 3.05) is 24.2 Å². The summed E-state index contributed by atoms with van der Waals surface area (Å²) in [6.07, 6.45) is 4.25. The summed E-state index contributed by atoms with van der Waals surface area (Å²) in [5, 5.41) is 3.25. The van der Waals surface area contributed by atoms with Gasteiger partial charge in [0, 0.05) is 31.1 Å². The Hall–Kier alpha value is -1.29. The van der Waals surface area contributed by atoms with E-state index >= 15 is 0 Å². The molecule has 1 aromatic rings. The Kier molecular flexibility index (Phi) is 5.77. The molecule has 0 atom stereocenters. The van der Waals surface area contributed by atoms with E-state index in [-0.39, 0.29) is 0 Å². The molecule has 1 rings (SSSR count). The van der Waals surface area contributed by atoms with Gasteiger partial charge in [-0.1, -0.05) is 0 Å². The van der Waals surface area contributed by atoms with Crippen molar-refractivity contribution in [2.45, 2.75) is 39.7 Å². The van der Waals surface area contributed by atoms with Gasteiger partial charge < -0.3 is 15.8 Å². The molecule has 0 radical (unpaired) electrons. The van der Waals surface area contributed by atoms with Crippen molar-refractivity contribution in [1.82, 2.24) is 4.98 Å². The number of nitrogen functional groups attached to an aromatic ring is 1. The number of unbranched alkanes of at least 4 members (excludes halogenated alkanes) is 1. The molecule has 0 aromatic carbocycles. The molecule has 4 nitrogen and oxygen atoms in total. The van der Waals surface area contributed by atoms with Crippen molar-refractivity contribution < 1.29 is 4.74 Å². The van der Waals surface area contributed by atoms with Gasteiger partial charge in [0.05, 0.1) is 6.10 Å². The van der Waals surface area contributed by atoms with Gasteiger partial charge in [-0.2, -0.15) is 0 Å². The van der Waals surface area contributed by atoms with Gasteiger partial charge in [0.1, 0.15) is 5.82 Å². The van der Waals surface area contributed by atoms with Gasteiger partial charge >= 0.3 is 0 Å². The minimum absolute atomic E-state index is 0.321. The third kappa shape index (κ3) is 5.54. The van der Waals surface area contributed by atoms with Crippen LogP contribution in [0.4, 0.5) is 11.5 Å². The Morgan fingerprint density at radius 1 is 1.41 bits per heavy atom. The lowest BCUT2D eigenvalue weighted by atomic mass is 10.2. The summed E-state index contributed by atoms with van der Waals surface area (Å²) in [5.41, 5.74) is 7.60. The Balaban J connectivity index is 2.16. The molecule has 0 bridgehead atoms. The molecule has 4 heteroatoms. The number of pyridine rings is 1. The summed E-state index contributed by atoms with van der Waals surface area (Å²) >= 11 is 0. The standard InChI is InChI=1S/C13H23N3O/c1-10(2)17-7-5-4-6-15-13-8-12(14)11(3)9-16-13/h8-10H,4-7H2,1-3H3,(H3,14,15,16). The third-order valence-corrected chi connectivity index (χ3v) is 2.47. The molecule has 0 aliphatic heterocycles. The minimum Gasteiger partial charge on any atom is -0.398 e. The average molecular weight is 237 g/mol. The molecule has 3 N–H and O–H groups in total. The lowest BCUT2D eigenvalue weighted by Gasteiger charge is -2.09. The Morgan fingerprint density at radius 3 is 2.82 bits per heavy atom. The SMILES string of the molecule is Cc1cnc(NCCCCOC(C)C)cc1N. The number of nitrogens with two attached hydrogens (primary N) is 1. The molecule has 0 aliphatic rings. The molecule has 17 heavy (non-hydrogen) atoms. The summed E-state index contributed by atoms with van der Waals surface area (Å²) in [5.74, 6) is 0.845. The van der Waals surface area contributed by atoms with Gasteiger partial charge in [-0.25, -0.2) is 4.98 Å². The van der Waals surface area contributed by atoms with Crippen LogP contribution < -0.4 is 11.1 Å². The molecule has 0 spiro atoms. The van der Waals surface area contributed by atoms with E-state index in [2.05, 4.69) is 24.1 Å². The highest BCUT2D eigenvalue weighted by atomic mass is 16.5. The zero-order valence-electron chi connectivity index (χ0n) is 11.0. The smallest absolute Gasteiger partial charge is 0.127 e. The van der Waals surface area contributed by atoms with Gasteiger partial charge in [0.25, 0.3) is 0 Å². The number of anilines is 2. The normalized spacial score (nSPS) is 10.8. The lowest BCUT2D eigenvalue weighted by Crippen LogP contribution is -2.08. The van der Waals surface area contributed by atoms with Crippen LogP contribution >= 0.6 is 0 Å². The van der Waals surface area contributed by atoms with Crippen molar-refractivity contribution in [1.29, 1.82) is 0 Å². The molecule has 0 amide bonds. The van der Waals surface area contributed by atoms with E-state index in [1.165, 1.54) is 0 Å². The van der Waals surface area contributed by atoms with Crippen LogP contribution in [0, 0.1) is 6.92 Å². The number of aromatic nitrogens is 1. The van der Waals surface area contributed by atoms with Crippen molar-refractivity contribution in [3.8, 4) is 0 Å². The summed E-state index contributed by atoms with van der Waals surface area (Å²) in [7, 11) is 0. The Bertz CT molecular complexity index is 339. The lowest BCUT2D eigenvalue weighted by molar-refractivity contribution is 0.0765. The van der Waals surface area contributed by atoms with Crippen LogP contribution in [0.5, 0.6) is 0 Å². The first-order valence-corrected chi connectivity index (χ1v) is 6.17. The van der Waals surface area contributed by atoms with E-state index in [1.807, 2.05) is 13.0 Å². The predicted molar refractivity (Wildman–Crippen MR) is 72.2 cm³/mol. The zero-order valence-corrected chi connectivity index (χ0v) is 11.0. The molecule has 0 saturated carbocycles. The number of rotatable bonds is 7. The van der Waals surface area contributed by atoms with E-state index in [0.717, 1.165) is 43.1 Å². The van der Waals surface area contributed by atoms with Crippen LogP contribution in [0.2, 0.25) is 0 Å². The second-order valence-corrected chi connectivity index (χ2v) is 4.48. The number of ether oxygens (including phenoxy) is 1. The monoisotopic (exact) mass is 237 g/mol. The molecule has 0 unspecified atom stereocenters. The average Bonchev–Trinajstić information content (AvgIpc) is 2.27. The minimum atomic E-state index is 0.321. The number of nitrogens with one attached hydrogen (secondary N) is 1. The van der Waals surface area contributed by atoms with Crippen LogP contribution in [0.3, 0.4) is 0 Å². The molecular formula is C13H23N3O. The van der Waals surface area contributed by atoms with E-state index in [1.54, 1.807) is 6.20 Å². The maximum atomic E-state index is 5.81. The van der Waals surface area contributed by atoms with Crippen LogP contribution in [0.25, 0.3) is 0 Å². The molecular weight excluding hydrogens is 214 g/mol. The maximum absolute atomic E-state index is 5.81. The molecule has 0 saturated heterocycles. The second-order valence-electron chi connectivity index (χ2n) is 4.48. The van der Waals surface area contributed by atoms with Gasteiger partial charge in [-0.05, 0) is 39.2 Å². The van der Waals surface area contributed by atoms with Crippen LogP contribution in [-0.2, 0) is 4.74 Å². The molecule has 1 heterocycles. The summed E-state index contributed by atoms with van der Waals surface area (Å²) in [6, 6.07) is 1.87. The fourth-order valence-corrected chi connectivity index (χ4v) is 1.40. The van der Waals surface area contributed by atoms with Crippen molar-refractivity contribution in [2.24, 2.45) is 0 Å². The van der Waals surface area contributed by atoms with E-state index in [0.29, 0.717) is 6.10 Å². The number of hydrogen-bond acceptors (Lipinski definition) is 4. The number of nitrogens with zero attached hydrogens (tertiary/aromatic N) is 1. The zero-order chi connectivity index (χ0) is 12.7. The molecule has 0 fully saturated rings. The third-order valence-electron chi connectivity index (χ3n) is 2.47. The summed E-state index contributed by atoms with van der Waals surface area (Å²) < 4.78 is 5.47.